The Morgan fingerprint density at radius 2 is 1.97 bits per heavy atom. The number of amides is 1. The Balaban J connectivity index is 1.67. The van der Waals surface area contributed by atoms with E-state index in [0.29, 0.717) is 28.5 Å². The number of anilines is 1. The van der Waals surface area contributed by atoms with Gasteiger partial charge in [-0.15, -0.1) is 0 Å². The van der Waals surface area contributed by atoms with Crippen LogP contribution in [-0.2, 0) is 10.5 Å². The van der Waals surface area contributed by atoms with Gasteiger partial charge in [0.25, 0.3) is 0 Å². The molecule has 0 aliphatic rings. The van der Waals surface area contributed by atoms with Crippen molar-refractivity contribution in [3.63, 3.8) is 0 Å². The number of para-hydroxylation sites is 1. The van der Waals surface area contributed by atoms with Crippen molar-refractivity contribution in [2.24, 2.45) is 0 Å². The van der Waals surface area contributed by atoms with Crippen molar-refractivity contribution < 1.29 is 13.6 Å². The van der Waals surface area contributed by atoms with E-state index in [1.165, 1.54) is 36.0 Å². The number of hydrogen-bond acceptors (Lipinski definition) is 4. The molecule has 158 valence electrons. The first-order valence-corrected chi connectivity index (χ1v) is 10.8. The topological polar surface area (TPSA) is 59.8 Å². The molecule has 31 heavy (non-hydrogen) atoms. The zero-order chi connectivity index (χ0) is 21.8. The summed E-state index contributed by atoms with van der Waals surface area (Å²) in [4.78, 5) is 22.2. The Kier molecular flexibility index (Phi) is 6.27. The third-order valence-electron chi connectivity index (χ3n) is 4.81. The predicted molar refractivity (Wildman–Crippen MR) is 118 cm³/mol. The lowest BCUT2D eigenvalue weighted by molar-refractivity contribution is -0.119. The van der Waals surface area contributed by atoms with Gasteiger partial charge in [-0.05, 0) is 48.4 Å². The van der Waals surface area contributed by atoms with Crippen molar-refractivity contribution in [3.8, 4) is 0 Å². The highest BCUT2D eigenvalue weighted by molar-refractivity contribution is 7.98. The zero-order valence-electron chi connectivity index (χ0n) is 16.8. The monoisotopic (exact) mass is 438 g/mol. The number of carbonyl (C=O) groups excluding carboxylic acids is 1. The first-order chi connectivity index (χ1) is 15.1. The molecule has 1 N–H and O–H groups in total. The van der Waals surface area contributed by atoms with E-state index in [4.69, 9.17) is 0 Å². The number of pyridine rings is 1. The third kappa shape index (κ3) is 4.59. The van der Waals surface area contributed by atoms with Crippen LogP contribution in [0.15, 0.2) is 72.0 Å². The number of fused-ring (bicyclic) bond motifs is 1. The molecule has 2 aromatic heterocycles. The van der Waals surface area contributed by atoms with Gasteiger partial charge in [-0.25, -0.2) is 18.7 Å². The molecule has 0 aliphatic heterocycles. The van der Waals surface area contributed by atoms with Gasteiger partial charge in [0, 0.05) is 11.9 Å². The summed E-state index contributed by atoms with van der Waals surface area (Å²) in [6, 6.07) is 15.4. The molecule has 0 radical (unpaired) electrons. The van der Waals surface area contributed by atoms with Gasteiger partial charge in [-0.1, -0.05) is 43.0 Å². The van der Waals surface area contributed by atoms with Crippen molar-refractivity contribution in [2.45, 2.75) is 30.3 Å². The van der Waals surface area contributed by atoms with E-state index in [9.17, 15) is 13.6 Å². The van der Waals surface area contributed by atoms with Crippen LogP contribution in [0.1, 0.15) is 24.9 Å². The van der Waals surface area contributed by atoms with Crippen LogP contribution in [0, 0.1) is 11.6 Å². The SMILES string of the molecule is CC[C@@H](C(=O)Nc1ccccc1F)n1c(SCc2cccc(F)c2)nc2cccnc21. The first kappa shape index (κ1) is 21.0. The van der Waals surface area contributed by atoms with Crippen LogP contribution in [0.2, 0.25) is 0 Å². The molecular weight excluding hydrogens is 418 g/mol. The Morgan fingerprint density at radius 3 is 2.74 bits per heavy atom. The summed E-state index contributed by atoms with van der Waals surface area (Å²) in [5.41, 5.74) is 2.15. The van der Waals surface area contributed by atoms with Crippen LogP contribution in [-0.4, -0.2) is 20.4 Å². The van der Waals surface area contributed by atoms with Crippen LogP contribution < -0.4 is 5.32 Å². The Bertz CT molecular complexity index is 1230. The van der Waals surface area contributed by atoms with Crippen molar-refractivity contribution in [2.75, 3.05) is 5.32 Å². The number of thioether (sulfide) groups is 1. The average molecular weight is 439 g/mol. The summed E-state index contributed by atoms with van der Waals surface area (Å²) in [7, 11) is 0. The molecule has 0 fully saturated rings. The molecule has 0 saturated heterocycles. The van der Waals surface area contributed by atoms with Gasteiger partial charge in [-0.3, -0.25) is 9.36 Å². The summed E-state index contributed by atoms with van der Waals surface area (Å²) < 4.78 is 29.4. The van der Waals surface area contributed by atoms with Crippen LogP contribution in [0.25, 0.3) is 11.2 Å². The summed E-state index contributed by atoms with van der Waals surface area (Å²) in [5, 5.41) is 3.26. The Labute approximate surface area is 182 Å². The standard InChI is InChI=1S/C23H20F2N4OS/c1-2-20(22(30)27-18-10-4-3-9-17(18)25)29-21-19(11-6-12-26-21)28-23(29)31-14-15-7-5-8-16(24)13-15/h3-13,20H,2,14H2,1H3,(H,27,30)/t20-/m0/s1. The van der Waals surface area contributed by atoms with Gasteiger partial charge in [0.1, 0.15) is 23.2 Å². The van der Waals surface area contributed by atoms with Crippen molar-refractivity contribution in [1.82, 2.24) is 14.5 Å². The summed E-state index contributed by atoms with van der Waals surface area (Å²) >= 11 is 1.40. The van der Waals surface area contributed by atoms with E-state index >= 15 is 0 Å². The molecule has 0 bridgehead atoms. The molecule has 4 rings (SSSR count). The number of carbonyl (C=O) groups is 1. The van der Waals surface area contributed by atoms with Crippen molar-refractivity contribution in [1.29, 1.82) is 0 Å². The van der Waals surface area contributed by atoms with Crippen LogP contribution in [0.4, 0.5) is 14.5 Å². The molecule has 2 heterocycles. The molecule has 2 aromatic carbocycles. The third-order valence-corrected chi connectivity index (χ3v) is 5.83. The fraction of sp³-hybridized carbons (Fsp3) is 0.174. The van der Waals surface area contributed by atoms with E-state index < -0.39 is 11.9 Å². The minimum atomic E-state index is -0.644. The second-order valence-corrected chi connectivity index (χ2v) is 7.86. The molecule has 4 aromatic rings. The predicted octanol–water partition coefficient (Wildman–Crippen LogP) is 5.59. The molecular formula is C23H20F2N4OS. The zero-order valence-corrected chi connectivity index (χ0v) is 17.6. The maximum Gasteiger partial charge on any atom is 0.247 e. The van der Waals surface area contributed by atoms with Crippen LogP contribution in [0.5, 0.6) is 0 Å². The van der Waals surface area contributed by atoms with Gasteiger partial charge >= 0.3 is 0 Å². The van der Waals surface area contributed by atoms with Gasteiger partial charge in [0.2, 0.25) is 5.91 Å². The van der Waals surface area contributed by atoms with E-state index in [-0.39, 0.29) is 17.4 Å². The van der Waals surface area contributed by atoms with E-state index in [0.717, 1.165) is 5.56 Å². The minimum Gasteiger partial charge on any atom is -0.322 e. The second kappa shape index (κ2) is 9.26. The van der Waals surface area contributed by atoms with Crippen molar-refractivity contribution in [3.05, 3.63) is 84.1 Å². The number of imidazole rings is 1. The molecule has 0 unspecified atom stereocenters. The molecule has 0 spiro atoms. The molecule has 0 saturated carbocycles. The van der Waals surface area contributed by atoms with E-state index in [1.807, 2.05) is 19.1 Å². The summed E-state index contributed by atoms with van der Waals surface area (Å²) in [6.07, 6.45) is 2.10. The van der Waals surface area contributed by atoms with Gasteiger partial charge in [0.15, 0.2) is 10.8 Å². The highest BCUT2D eigenvalue weighted by Gasteiger charge is 2.26. The van der Waals surface area contributed by atoms with Gasteiger partial charge in [0.05, 0.1) is 5.69 Å². The smallest absolute Gasteiger partial charge is 0.247 e. The number of aromatic nitrogens is 3. The average Bonchev–Trinajstić information content (AvgIpc) is 3.13. The normalized spacial score (nSPS) is 12.1. The molecule has 1 amide bonds. The van der Waals surface area contributed by atoms with Crippen LogP contribution in [0.3, 0.4) is 0 Å². The second-order valence-electron chi connectivity index (χ2n) is 6.92. The molecule has 8 heteroatoms. The fourth-order valence-electron chi connectivity index (χ4n) is 3.33. The number of benzene rings is 2. The fourth-order valence-corrected chi connectivity index (χ4v) is 4.32. The highest BCUT2D eigenvalue weighted by Crippen LogP contribution is 2.31. The quantitative estimate of drug-likeness (QED) is 0.382. The molecule has 5 nitrogen and oxygen atoms in total. The Morgan fingerprint density at radius 1 is 1.13 bits per heavy atom. The lowest BCUT2D eigenvalue weighted by Crippen LogP contribution is -2.26. The summed E-state index contributed by atoms with van der Waals surface area (Å²) in [6.45, 7) is 1.88. The van der Waals surface area contributed by atoms with Crippen LogP contribution >= 0.6 is 11.8 Å². The van der Waals surface area contributed by atoms with Gasteiger partial charge in [-0.2, -0.15) is 0 Å². The number of nitrogens with one attached hydrogen (secondary N) is 1. The summed E-state index contributed by atoms with van der Waals surface area (Å²) in [5.74, 6) is -0.680. The Hall–Kier alpha value is -3.26. The number of nitrogens with zero attached hydrogens (tertiary/aromatic N) is 3. The number of hydrogen-bond donors (Lipinski definition) is 1. The molecule has 0 aliphatic carbocycles. The minimum absolute atomic E-state index is 0.122. The first-order valence-electron chi connectivity index (χ1n) is 9.82. The lowest BCUT2D eigenvalue weighted by atomic mass is 10.2. The maximum absolute atomic E-state index is 14.1. The van der Waals surface area contributed by atoms with E-state index in [1.54, 1.807) is 35.0 Å². The van der Waals surface area contributed by atoms with Crippen molar-refractivity contribution >= 4 is 34.5 Å². The van der Waals surface area contributed by atoms with E-state index in [2.05, 4.69) is 15.3 Å². The van der Waals surface area contributed by atoms with Gasteiger partial charge < -0.3 is 5.32 Å². The highest BCUT2D eigenvalue weighted by atomic mass is 32.2. The number of rotatable bonds is 7. The molecule has 1 atom stereocenters. The largest absolute Gasteiger partial charge is 0.322 e. The lowest BCUT2D eigenvalue weighted by Gasteiger charge is -2.19. The number of halogens is 2. The maximum atomic E-state index is 14.1.